The van der Waals surface area contributed by atoms with Gasteiger partial charge in [-0.25, -0.2) is 15.0 Å². The summed E-state index contributed by atoms with van der Waals surface area (Å²) in [5.41, 5.74) is 2.55. The largest absolute Gasteiger partial charge is 0.488 e. The Balaban J connectivity index is 1.53. The molecular formula is C25H27N5O4S. The van der Waals surface area contributed by atoms with Crippen LogP contribution in [0.5, 0.6) is 11.5 Å². The number of amides is 1. The average Bonchev–Trinajstić information content (AvgIpc) is 3.37. The molecule has 0 aliphatic heterocycles. The molecule has 1 atom stereocenters. The number of aryl methyl sites for hydroxylation is 1. The van der Waals surface area contributed by atoms with Gasteiger partial charge in [0.2, 0.25) is 5.91 Å². The van der Waals surface area contributed by atoms with Gasteiger partial charge in [-0.3, -0.25) is 4.79 Å². The van der Waals surface area contributed by atoms with Crippen molar-refractivity contribution in [3.8, 4) is 11.5 Å². The average molecular weight is 494 g/mol. The number of carbonyl (C=O) groups is 1. The summed E-state index contributed by atoms with van der Waals surface area (Å²) in [6.07, 6.45) is 2.95. The Morgan fingerprint density at radius 2 is 2.06 bits per heavy atom. The first-order chi connectivity index (χ1) is 16.9. The van der Waals surface area contributed by atoms with E-state index in [4.69, 9.17) is 14.6 Å². The van der Waals surface area contributed by atoms with E-state index < -0.39 is 6.61 Å². The number of fused-ring (bicyclic) bond motifs is 1. The number of rotatable bonds is 10. The standard InChI is InChI=1S/C25H27N5O4S/c1-16-11-18(7-8-20(16)33-14-22-26-9-10-35-22)29-25-24-19(27-15-28-25)5-4-6-21(24)34-17(2)12-30(3)23(32)13-31/h4-11,15,17,31H,12-14H2,1-3H3,(H,27,28,29)/t17-/m1/s1. The van der Waals surface area contributed by atoms with Crippen LogP contribution < -0.4 is 14.8 Å². The van der Waals surface area contributed by atoms with Gasteiger partial charge >= 0.3 is 0 Å². The van der Waals surface area contributed by atoms with E-state index in [9.17, 15) is 4.79 Å². The first-order valence-corrected chi connectivity index (χ1v) is 12.0. The quantitative estimate of drug-likeness (QED) is 0.342. The van der Waals surface area contributed by atoms with Gasteiger partial charge in [-0.15, -0.1) is 11.3 Å². The predicted octanol–water partition coefficient (Wildman–Crippen LogP) is 3.94. The normalized spacial score (nSPS) is 11.8. The maximum absolute atomic E-state index is 11.7. The third-order valence-electron chi connectivity index (χ3n) is 5.32. The smallest absolute Gasteiger partial charge is 0.248 e. The molecule has 0 saturated heterocycles. The van der Waals surface area contributed by atoms with Crippen molar-refractivity contribution in [1.82, 2.24) is 19.9 Å². The number of nitrogens with zero attached hydrogens (tertiary/aromatic N) is 4. The molecule has 35 heavy (non-hydrogen) atoms. The minimum Gasteiger partial charge on any atom is -0.488 e. The Labute approximate surface area is 207 Å². The van der Waals surface area contributed by atoms with Crippen molar-refractivity contribution < 1.29 is 19.4 Å². The molecule has 182 valence electrons. The van der Waals surface area contributed by atoms with E-state index in [0.717, 1.165) is 32.9 Å². The third kappa shape index (κ3) is 6.03. The van der Waals surface area contributed by atoms with E-state index in [1.54, 1.807) is 24.6 Å². The Bertz CT molecular complexity index is 1290. The lowest BCUT2D eigenvalue weighted by molar-refractivity contribution is -0.133. The van der Waals surface area contributed by atoms with Gasteiger partial charge in [0.05, 0.1) is 17.4 Å². The van der Waals surface area contributed by atoms with Gasteiger partial charge in [-0.2, -0.15) is 0 Å². The van der Waals surface area contributed by atoms with Gasteiger partial charge in [0, 0.05) is 24.3 Å². The highest BCUT2D eigenvalue weighted by Gasteiger charge is 2.16. The van der Waals surface area contributed by atoms with E-state index in [0.29, 0.717) is 24.7 Å². The molecule has 2 heterocycles. The summed E-state index contributed by atoms with van der Waals surface area (Å²) in [5.74, 6) is 1.63. The van der Waals surface area contributed by atoms with Gasteiger partial charge < -0.3 is 24.8 Å². The number of benzene rings is 2. The highest BCUT2D eigenvalue weighted by Crippen LogP contribution is 2.33. The number of hydrogen-bond acceptors (Lipinski definition) is 9. The Kier molecular flexibility index (Phi) is 7.74. The number of nitrogens with one attached hydrogen (secondary N) is 1. The number of aromatic nitrogens is 3. The SMILES string of the molecule is Cc1cc(Nc2ncnc3cccc(O[C@H](C)CN(C)C(=O)CO)c23)ccc1OCc1nccs1. The van der Waals surface area contributed by atoms with Crippen molar-refractivity contribution in [2.45, 2.75) is 26.6 Å². The monoisotopic (exact) mass is 493 g/mol. The number of anilines is 2. The molecule has 0 aliphatic carbocycles. The van der Waals surface area contributed by atoms with Crippen molar-refractivity contribution >= 4 is 39.7 Å². The molecule has 0 spiro atoms. The molecule has 9 nitrogen and oxygen atoms in total. The summed E-state index contributed by atoms with van der Waals surface area (Å²) in [6, 6.07) is 11.4. The van der Waals surface area contributed by atoms with Gasteiger partial charge in [0.25, 0.3) is 0 Å². The van der Waals surface area contributed by atoms with Gasteiger partial charge in [-0.05, 0) is 49.7 Å². The summed E-state index contributed by atoms with van der Waals surface area (Å²) in [5, 5.41) is 16.0. The summed E-state index contributed by atoms with van der Waals surface area (Å²) < 4.78 is 12.1. The molecule has 2 aromatic heterocycles. The number of hydrogen-bond donors (Lipinski definition) is 2. The fourth-order valence-corrected chi connectivity index (χ4v) is 4.15. The maximum atomic E-state index is 11.7. The molecule has 2 N–H and O–H groups in total. The second-order valence-electron chi connectivity index (χ2n) is 8.05. The van der Waals surface area contributed by atoms with Crippen molar-refractivity contribution in [2.24, 2.45) is 0 Å². The second-order valence-corrected chi connectivity index (χ2v) is 9.03. The van der Waals surface area contributed by atoms with Crippen molar-refractivity contribution in [1.29, 1.82) is 0 Å². The number of aliphatic hydroxyl groups is 1. The van der Waals surface area contributed by atoms with Gasteiger partial charge in [-0.1, -0.05) is 6.07 Å². The first-order valence-electron chi connectivity index (χ1n) is 11.1. The lowest BCUT2D eigenvalue weighted by Crippen LogP contribution is -2.37. The van der Waals surface area contributed by atoms with E-state index in [-0.39, 0.29) is 12.0 Å². The van der Waals surface area contributed by atoms with E-state index in [1.165, 1.54) is 11.2 Å². The van der Waals surface area contributed by atoms with Crippen molar-refractivity contribution in [3.63, 3.8) is 0 Å². The number of carbonyl (C=O) groups excluding carboxylic acids is 1. The minimum atomic E-state index is -0.534. The molecule has 0 radical (unpaired) electrons. The molecule has 0 bridgehead atoms. The number of thiazole rings is 1. The zero-order valence-corrected chi connectivity index (χ0v) is 20.6. The van der Waals surface area contributed by atoms with E-state index >= 15 is 0 Å². The zero-order valence-electron chi connectivity index (χ0n) is 19.8. The molecule has 0 saturated carbocycles. The van der Waals surface area contributed by atoms with Gasteiger partial charge in [0.1, 0.15) is 48.0 Å². The Morgan fingerprint density at radius 3 is 2.80 bits per heavy atom. The molecule has 4 rings (SSSR count). The van der Waals surface area contributed by atoms with Crippen LogP contribution in [0.1, 0.15) is 17.5 Å². The van der Waals surface area contributed by atoms with Crippen LogP contribution >= 0.6 is 11.3 Å². The second kappa shape index (κ2) is 11.1. The van der Waals surface area contributed by atoms with Crippen LogP contribution in [0.15, 0.2) is 54.3 Å². The van der Waals surface area contributed by atoms with Crippen molar-refractivity contribution in [3.05, 3.63) is 64.9 Å². The van der Waals surface area contributed by atoms with E-state index in [2.05, 4.69) is 20.3 Å². The van der Waals surface area contributed by atoms with Crippen LogP contribution in [0.25, 0.3) is 10.9 Å². The summed E-state index contributed by atoms with van der Waals surface area (Å²) in [6.45, 7) is 4.08. The zero-order chi connectivity index (χ0) is 24.8. The lowest BCUT2D eigenvalue weighted by Gasteiger charge is -2.23. The molecule has 4 aromatic rings. The topological polar surface area (TPSA) is 110 Å². The van der Waals surface area contributed by atoms with Crippen LogP contribution in [0.3, 0.4) is 0 Å². The van der Waals surface area contributed by atoms with Crippen molar-refractivity contribution in [2.75, 3.05) is 25.5 Å². The minimum absolute atomic E-state index is 0.314. The molecule has 0 fully saturated rings. The summed E-state index contributed by atoms with van der Waals surface area (Å²) >= 11 is 1.56. The lowest BCUT2D eigenvalue weighted by atomic mass is 10.1. The fourth-order valence-electron chi connectivity index (χ4n) is 3.62. The molecule has 2 aromatic carbocycles. The number of likely N-dealkylation sites (N-methyl/N-ethyl adjacent to an activating group) is 1. The highest BCUT2D eigenvalue weighted by molar-refractivity contribution is 7.09. The van der Waals surface area contributed by atoms with Crippen LogP contribution in [0.4, 0.5) is 11.5 Å². The summed E-state index contributed by atoms with van der Waals surface area (Å²) in [4.78, 5) is 26.2. The van der Waals surface area contributed by atoms with Gasteiger partial charge in [0.15, 0.2) is 0 Å². The highest BCUT2D eigenvalue weighted by atomic mass is 32.1. The Morgan fingerprint density at radius 1 is 1.20 bits per heavy atom. The molecule has 1 amide bonds. The van der Waals surface area contributed by atoms with Crippen LogP contribution in [-0.4, -0.2) is 57.2 Å². The van der Waals surface area contributed by atoms with Crippen LogP contribution in [-0.2, 0) is 11.4 Å². The summed E-state index contributed by atoms with van der Waals surface area (Å²) in [7, 11) is 1.63. The third-order valence-corrected chi connectivity index (χ3v) is 6.07. The fraction of sp³-hybridized carbons (Fsp3) is 0.280. The molecule has 0 unspecified atom stereocenters. The molecule has 10 heteroatoms. The van der Waals surface area contributed by atoms with Crippen LogP contribution in [0, 0.1) is 6.92 Å². The maximum Gasteiger partial charge on any atom is 0.248 e. The van der Waals surface area contributed by atoms with Crippen LogP contribution in [0.2, 0.25) is 0 Å². The van der Waals surface area contributed by atoms with E-state index in [1.807, 2.05) is 55.6 Å². The number of aliphatic hydroxyl groups excluding tert-OH is 1. The molecule has 0 aliphatic rings. The number of ether oxygens (including phenoxy) is 2. The first kappa shape index (κ1) is 24.4. The predicted molar refractivity (Wildman–Crippen MR) is 135 cm³/mol. The molecular weight excluding hydrogens is 466 g/mol. The Hall–Kier alpha value is -3.76.